The fourth-order valence-electron chi connectivity index (χ4n) is 1.49. The van der Waals surface area contributed by atoms with Crippen molar-refractivity contribution in [1.29, 1.82) is 0 Å². The van der Waals surface area contributed by atoms with Crippen LogP contribution < -0.4 is 4.74 Å². The van der Waals surface area contributed by atoms with Crippen molar-refractivity contribution >= 4 is 0 Å². The predicted octanol–water partition coefficient (Wildman–Crippen LogP) is 2.30. The molecule has 3 heteroatoms. The van der Waals surface area contributed by atoms with Gasteiger partial charge in [0.1, 0.15) is 17.7 Å². The molecule has 0 spiro atoms. The third kappa shape index (κ3) is 2.04. The number of hydrogen-bond acceptors (Lipinski definition) is 2. The van der Waals surface area contributed by atoms with Gasteiger partial charge in [0.05, 0.1) is 13.2 Å². The van der Waals surface area contributed by atoms with Crippen molar-refractivity contribution in [3.05, 3.63) is 29.6 Å². The van der Waals surface area contributed by atoms with Gasteiger partial charge in [0.15, 0.2) is 0 Å². The van der Waals surface area contributed by atoms with Crippen LogP contribution in [0.5, 0.6) is 5.75 Å². The lowest BCUT2D eigenvalue weighted by atomic mass is 10.2. The van der Waals surface area contributed by atoms with Crippen LogP contribution >= 0.6 is 0 Å². The van der Waals surface area contributed by atoms with Crippen LogP contribution in [0.15, 0.2) is 18.2 Å². The van der Waals surface area contributed by atoms with Crippen molar-refractivity contribution in [2.75, 3.05) is 13.2 Å². The third-order valence-electron chi connectivity index (χ3n) is 2.33. The summed E-state index contributed by atoms with van der Waals surface area (Å²) in [6.45, 7) is 3.25. The van der Waals surface area contributed by atoms with E-state index in [1.165, 1.54) is 12.1 Å². The average molecular weight is 196 g/mol. The first kappa shape index (κ1) is 9.46. The van der Waals surface area contributed by atoms with Crippen LogP contribution in [0.1, 0.15) is 12.0 Å². The molecule has 0 unspecified atom stereocenters. The smallest absolute Gasteiger partial charge is 0.126 e. The highest BCUT2D eigenvalue weighted by Gasteiger charge is 2.17. The number of rotatable bonds is 2. The van der Waals surface area contributed by atoms with E-state index in [-0.39, 0.29) is 11.9 Å². The molecule has 0 aromatic heterocycles. The summed E-state index contributed by atoms with van der Waals surface area (Å²) in [5, 5.41) is 0. The van der Waals surface area contributed by atoms with Crippen LogP contribution in [0.25, 0.3) is 0 Å². The van der Waals surface area contributed by atoms with Gasteiger partial charge in [-0.1, -0.05) is 6.07 Å². The Hall–Kier alpha value is -1.09. The molecule has 76 valence electrons. The van der Waals surface area contributed by atoms with Crippen LogP contribution in [0.3, 0.4) is 0 Å². The normalized spacial score (nSPS) is 21.1. The highest BCUT2D eigenvalue weighted by atomic mass is 19.1. The number of benzene rings is 1. The van der Waals surface area contributed by atoms with Gasteiger partial charge in [-0.15, -0.1) is 0 Å². The standard InChI is InChI=1S/C11H13FO2/c1-8-2-3-9(12)6-11(8)14-10-4-5-13-7-10/h2-3,6,10H,4-5,7H2,1H3/t10-/m1/s1. The number of aryl methyl sites for hydroxylation is 1. The molecular weight excluding hydrogens is 183 g/mol. The molecule has 1 aromatic carbocycles. The molecule has 14 heavy (non-hydrogen) atoms. The first-order chi connectivity index (χ1) is 6.75. The van der Waals surface area contributed by atoms with Crippen molar-refractivity contribution in [2.24, 2.45) is 0 Å². The molecule has 0 amide bonds. The van der Waals surface area contributed by atoms with E-state index in [2.05, 4.69) is 0 Å². The van der Waals surface area contributed by atoms with Crippen molar-refractivity contribution in [3.8, 4) is 5.75 Å². The third-order valence-corrected chi connectivity index (χ3v) is 2.33. The lowest BCUT2D eigenvalue weighted by molar-refractivity contribution is 0.140. The number of halogens is 1. The molecular formula is C11H13FO2. The van der Waals surface area contributed by atoms with Crippen LogP contribution in [0, 0.1) is 12.7 Å². The molecule has 1 heterocycles. The Balaban J connectivity index is 2.10. The summed E-state index contributed by atoms with van der Waals surface area (Å²) in [5.74, 6) is 0.366. The molecule has 0 bridgehead atoms. The van der Waals surface area contributed by atoms with Crippen molar-refractivity contribution < 1.29 is 13.9 Å². The zero-order valence-electron chi connectivity index (χ0n) is 8.13. The summed E-state index contributed by atoms with van der Waals surface area (Å²) in [5.41, 5.74) is 0.957. The predicted molar refractivity (Wildman–Crippen MR) is 51.0 cm³/mol. The average Bonchev–Trinajstić information content (AvgIpc) is 2.64. The van der Waals surface area contributed by atoms with E-state index in [1.807, 2.05) is 6.92 Å². The van der Waals surface area contributed by atoms with Gasteiger partial charge in [0.2, 0.25) is 0 Å². The molecule has 0 saturated carbocycles. The Bertz CT molecular complexity index is 319. The van der Waals surface area contributed by atoms with E-state index in [1.54, 1.807) is 6.07 Å². The Kier molecular flexibility index (Phi) is 2.68. The van der Waals surface area contributed by atoms with Crippen LogP contribution in [0.4, 0.5) is 4.39 Å². The van der Waals surface area contributed by atoms with E-state index in [0.717, 1.165) is 18.6 Å². The molecule has 1 fully saturated rings. The SMILES string of the molecule is Cc1ccc(F)cc1O[C@@H]1CCOC1. The summed E-state index contributed by atoms with van der Waals surface area (Å²) in [4.78, 5) is 0. The topological polar surface area (TPSA) is 18.5 Å². The molecule has 0 aliphatic carbocycles. The van der Waals surface area contributed by atoms with E-state index >= 15 is 0 Å². The molecule has 1 aliphatic rings. The molecule has 2 rings (SSSR count). The molecule has 1 aliphatic heterocycles. The number of ether oxygens (including phenoxy) is 2. The molecule has 0 radical (unpaired) electrons. The Labute approximate surface area is 82.6 Å². The second-order valence-electron chi connectivity index (χ2n) is 3.51. The van der Waals surface area contributed by atoms with E-state index in [0.29, 0.717) is 12.4 Å². The van der Waals surface area contributed by atoms with Crippen molar-refractivity contribution in [1.82, 2.24) is 0 Å². The van der Waals surface area contributed by atoms with E-state index < -0.39 is 0 Å². The fourth-order valence-corrected chi connectivity index (χ4v) is 1.49. The second-order valence-corrected chi connectivity index (χ2v) is 3.51. The van der Waals surface area contributed by atoms with Crippen LogP contribution in [0.2, 0.25) is 0 Å². The van der Waals surface area contributed by atoms with Gasteiger partial charge in [-0.3, -0.25) is 0 Å². The Morgan fingerprint density at radius 1 is 1.50 bits per heavy atom. The zero-order valence-corrected chi connectivity index (χ0v) is 8.13. The Morgan fingerprint density at radius 2 is 2.36 bits per heavy atom. The summed E-state index contributed by atoms with van der Waals surface area (Å²) in [6.07, 6.45) is 0.964. The zero-order chi connectivity index (χ0) is 9.97. The maximum Gasteiger partial charge on any atom is 0.126 e. The fraction of sp³-hybridized carbons (Fsp3) is 0.455. The van der Waals surface area contributed by atoms with E-state index in [4.69, 9.17) is 9.47 Å². The first-order valence-electron chi connectivity index (χ1n) is 4.76. The van der Waals surface area contributed by atoms with Gasteiger partial charge in [0.25, 0.3) is 0 Å². The summed E-state index contributed by atoms with van der Waals surface area (Å²) < 4.78 is 23.7. The highest BCUT2D eigenvalue weighted by Crippen LogP contribution is 2.22. The minimum absolute atomic E-state index is 0.0792. The summed E-state index contributed by atoms with van der Waals surface area (Å²) >= 11 is 0. The molecule has 1 aromatic rings. The minimum Gasteiger partial charge on any atom is -0.488 e. The molecule has 1 atom stereocenters. The minimum atomic E-state index is -0.260. The maximum absolute atomic E-state index is 12.9. The Morgan fingerprint density at radius 3 is 3.07 bits per heavy atom. The van der Waals surface area contributed by atoms with Gasteiger partial charge in [-0.05, 0) is 18.6 Å². The van der Waals surface area contributed by atoms with Gasteiger partial charge in [-0.2, -0.15) is 0 Å². The summed E-state index contributed by atoms with van der Waals surface area (Å²) in [6, 6.07) is 4.58. The number of hydrogen-bond donors (Lipinski definition) is 0. The quantitative estimate of drug-likeness (QED) is 0.722. The van der Waals surface area contributed by atoms with Crippen LogP contribution in [-0.2, 0) is 4.74 Å². The van der Waals surface area contributed by atoms with E-state index in [9.17, 15) is 4.39 Å². The largest absolute Gasteiger partial charge is 0.488 e. The lowest BCUT2D eigenvalue weighted by Gasteiger charge is -2.13. The first-order valence-corrected chi connectivity index (χ1v) is 4.76. The van der Waals surface area contributed by atoms with Crippen LogP contribution in [-0.4, -0.2) is 19.3 Å². The van der Waals surface area contributed by atoms with Gasteiger partial charge in [0, 0.05) is 12.5 Å². The second kappa shape index (κ2) is 3.96. The van der Waals surface area contributed by atoms with Crippen molar-refractivity contribution in [3.63, 3.8) is 0 Å². The maximum atomic E-state index is 12.9. The van der Waals surface area contributed by atoms with Gasteiger partial charge >= 0.3 is 0 Å². The highest BCUT2D eigenvalue weighted by molar-refractivity contribution is 5.32. The monoisotopic (exact) mass is 196 g/mol. The lowest BCUT2D eigenvalue weighted by Crippen LogP contribution is -2.16. The summed E-state index contributed by atoms with van der Waals surface area (Å²) in [7, 11) is 0. The molecule has 0 N–H and O–H groups in total. The van der Waals surface area contributed by atoms with Gasteiger partial charge in [-0.25, -0.2) is 4.39 Å². The van der Waals surface area contributed by atoms with Crippen molar-refractivity contribution in [2.45, 2.75) is 19.4 Å². The van der Waals surface area contributed by atoms with Gasteiger partial charge < -0.3 is 9.47 Å². The molecule has 2 nitrogen and oxygen atoms in total. The molecule has 1 saturated heterocycles.